The Kier molecular flexibility index (Phi) is 6.75. The molecule has 0 unspecified atom stereocenters. The Morgan fingerprint density at radius 2 is 2.04 bits per heavy atom. The van der Waals surface area contributed by atoms with Crippen LogP contribution in [-0.4, -0.2) is 25.1 Å². The van der Waals surface area contributed by atoms with E-state index in [9.17, 15) is 9.59 Å². The third kappa shape index (κ3) is 5.33. The molecule has 136 valence electrons. The van der Waals surface area contributed by atoms with Gasteiger partial charge in [-0.1, -0.05) is 19.9 Å². The number of esters is 1. The zero-order valence-corrected chi connectivity index (χ0v) is 15.7. The van der Waals surface area contributed by atoms with Crippen molar-refractivity contribution in [1.29, 1.82) is 5.26 Å². The number of nitrogens with one attached hydrogen (secondary N) is 1. The zero-order chi connectivity index (χ0) is 19.1. The first-order chi connectivity index (χ1) is 12.4. The summed E-state index contributed by atoms with van der Waals surface area (Å²) in [6.07, 6.45) is 0. The largest absolute Gasteiger partial charge is 0.482 e. The van der Waals surface area contributed by atoms with Crippen molar-refractivity contribution in [3.63, 3.8) is 0 Å². The molecule has 0 aliphatic rings. The molecule has 1 heterocycles. The predicted octanol–water partition coefficient (Wildman–Crippen LogP) is 3.61. The van der Waals surface area contributed by atoms with Gasteiger partial charge in [0.2, 0.25) is 0 Å². The standard InChI is InChI=1S/C19H20N2O4S/c1-12(2)16-5-4-15(8-13(16)3)24-11-18(23)25-10-17(22)21-19-14(9-20)6-7-26-19/h4-8,12H,10-11H2,1-3H3,(H,21,22). The first-order valence-electron chi connectivity index (χ1n) is 8.07. The molecular weight excluding hydrogens is 352 g/mol. The molecule has 0 spiro atoms. The van der Waals surface area contributed by atoms with E-state index in [0.717, 1.165) is 5.56 Å². The second kappa shape index (κ2) is 9.02. The van der Waals surface area contributed by atoms with E-state index in [4.69, 9.17) is 14.7 Å². The summed E-state index contributed by atoms with van der Waals surface area (Å²) in [6.45, 7) is 5.50. The van der Waals surface area contributed by atoms with Crippen molar-refractivity contribution in [3.05, 3.63) is 46.3 Å². The Bertz CT molecular complexity index is 836. The molecule has 26 heavy (non-hydrogen) atoms. The van der Waals surface area contributed by atoms with E-state index in [1.807, 2.05) is 31.2 Å². The van der Waals surface area contributed by atoms with Crippen molar-refractivity contribution in [2.24, 2.45) is 0 Å². The van der Waals surface area contributed by atoms with Crippen LogP contribution in [0.15, 0.2) is 29.6 Å². The summed E-state index contributed by atoms with van der Waals surface area (Å²) in [5.41, 5.74) is 2.69. The lowest BCUT2D eigenvalue weighted by molar-refractivity contribution is -0.149. The first-order valence-corrected chi connectivity index (χ1v) is 8.95. The molecule has 0 atom stereocenters. The number of thiophene rings is 1. The summed E-state index contributed by atoms with van der Waals surface area (Å²) in [5, 5.41) is 13.6. The van der Waals surface area contributed by atoms with Gasteiger partial charge in [0.1, 0.15) is 16.8 Å². The van der Waals surface area contributed by atoms with Crippen LogP contribution in [0.2, 0.25) is 0 Å². The highest BCUT2D eigenvalue weighted by atomic mass is 32.1. The minimum Gasteiger partial charge on any atom is -0.482 e. The normalized spacial score (nSPS) is 10.3. The van der Waals surface area contributed by atoms with E-state index in [-0.39, 0.29) is 6.61 Å². The highest BCUT2D eigenvalue weighted by Gasteiger charge is 2.12. The summed E-state index contributed by atoms with van der Waals surface area (Å²) < 4.78 is 10.3. The molecule has 0 fully saturated rings. The topological polar surface area (TPSA) is 88.4 Å². The van der Waals surface area contributed by atoms with Gasteiger partial charge in [0.25, 0.3) is 5.91 Å². The van der Waals surface area contributed by atoms with Gasteiger partial charge in [-0.3, -0.25) is 4.79 Å². The molecule has 1 aromatic heterocycles. The van der Waals surface area contributed by atoms with Crippen LogP contribution in [0.4, 0.5) is 5.00 Å². The van der Waals surface area contributed by atoms with Crippen molar-refractivity contribution in [3.8, 4) is 11.8 Å². The third-order valence-electron chi connectivity index (χ3n) is 3.62. The number of benzene rings is 1. The number of carbonyl (C=O) groups excluding carboxylic acids is 2. The van der Waals surface area contributed by atoms with Crippen molar-refractivity contribution in [1.82, 2.24) is 0 Å². The van der Waals surface area contributed by atoms with E-state index in [1.165, 1.54) is 16.9 Å². The van der Waals surface area contributed by atoms with Crippen molar-refractivity contribution >= 4 is 28.2 Å². The zero-order valence-electron chi connectivity index (χ0n) is 14.9. The van der Waals surface area contributed by atoms with Gasteiger partial charge in [0.05, 0.1) is 5.56 Å². The molecule has 0 saturated heterocycles. The van der Waals surface area contributed by atoms with Crippen LogP contribution < -0.4 is 10.1 Å². The molecule has 7 heteroatoms. The van der Waals surface area contributed by atoms with E-state index >= 15 is 0 Å². The molecule has 0 bridgehead atoms. The maximum absolute atomic E-state index is 11.8. The Labute approximate surface area is 156 Å². The number of carbonyl (C=O) groups is 2. The number of ether oxygens (including phenoxy) is 2. The lowest BCUT2D eigenvalue weighted by atomic mass is 9.98. The fourth-order valence-corrected chi connectivity index (χ4v) is 3.13. The van der Waals surface area contributed by atoms with E-state index < -0.39 is 18.5 Å². The van der Waals surface area contributed by atoms with E-state index in [1.54, 1.807) is 11.4 Å². The van der Waals surface area contributed by atoms with Crippen molar-refractivity contribution in [2.75, 3.05) is 18.5 Å². The van der Waals surface area contributed by atoms with Crippen molar-refractivity contribution < 1.29 is 19.1 Å². The quantitative estimate of drug-likeness (QED) is 0.750. The third-order valence-corrected chi connectivity index (χ3v) is 4.45. The molecule has 0 radical (unpaired) electrons. The maximum atomic E-state index is 11.8. The van der Waals surface area contributed by atoms with Gasteiger partial charge >= 0.3 is 5.97 Å². The Morgan fingerprint density at radius 3 is 2.69 bits per heavy atom. The van der Waals surface area contributed by atoms with Gasteiger partial charge in [-0.05, 0) is 47.5 Å². The van der Waals surface area contributed by atoms with Crippen LogP contribution in [0, 0.1) is 18.3 Å². The fourth-order valence-electron chi connectivity index (χ4n) is 2.37. The maximum Gasteiger partial charge on any atom is 0.344 e. The SMILES string of the molecule is Cc1cc(OCC(=O)OCC(=O)Nc2sccc2C#N)ccc1C(C)C. The molecule has 1 amide bonds. The van der Waals surface area contributed by atoms with Gasteiger partial charge in [0, 0.05) is 0 Å². The van der Waals surface area contributed by atoms with Crippen LogP contribution in [0.3, 0.4) is 0 Å². The van der Waals surface area contributed by atoms with Gasteiger partial charge < -0.3 is 14.8 Å². The Balaban J connectivity index is 1.78. The summed E-state index contributed by atoms with van der Waals surface area (Å²) in [6, 6.07) is 9.22. The lowest BCUT2D eigenvalue weighted by Crippen LogP contribution is -2.23. The van der Waals surface area contributed by atoms with Crippen LogP contribution >= 0.6 is 11.3 Å². The molecule has 0 aliphatic heterocycles. The average Bonchev–Trinajstić information content (AvgIpc) is 3.05. The molecule has 6 nitrogen and oxygen atoms in total. The predicted molar refractivity (Wildman–Crippen MR) is 99.4 cm³/mol. The summed E-state index contributed by atoms with van der Waals surface area (Å²) >= 11 is 1.23. The number of aryl methyl sites for hydroxylation is 1. The van der Waals surface area contributed by atoms with Gasteiger partial charge in [0.15, 0.2) is 13.2 Å². The number of anilines is 1. The molecule has 2 aromatic rings. The van der Waals surface area contributed by atoms with Crippen LogP contribution in [0.1, 0.15) is 36.5 Å². The van der Waals surface area contributed by atoms with Crippen LogP contribution in [0.5, 0.6) is 5.75 Å². The molecule has 2 rings (SSSR count). The van der Waals surface area contributed by atoms with Gasteiger partial charge in [-0.2, -0.15) is 5.26 Å². The number of hydrogen-bond donors (Lipinski definition) is 1. The molecule has 1 aromatic carbocycles. The molecule has 0 aliphatic carbocycles. The minimum atomic E-state index is -0.641. The van der Waals surface area contributed by atoms with Crippen molar-refractivity contribution in [2.45, 2.75) is 26.7 Å². The first kappa shape index (κ1) is 19.5. The Morgan fingerprint density at radius 1 is 1.27 bits per heavy atom. The molecular formula is C19H20N2O4S. The number of nitriles is 1. The summed E-state index contributed by atoms with van der Waals surface area (Å²) in [7, 11) is 0. The smallest absolute Gasteiger partial charge is 0.344 e. The fraction of sp³-hybridized carbons (Fsp3) is 0.316. The minimum absolute atomic E-state index is 0.282. The average molecular weight is 372 g/mol. The number of amides is 1. The second-order valence-corrected chi connectivity index (χ2v) is 6.86. The van der Waals surface area contributed by atoms with E-state index in [0.29, 0.717) is 22.2 Å². The number of nitrogens with zero attached hydrogens (tertiary/aromatic N) is 1. The highest BCUT2D eigenvalue weighted by Crippen LogP contribution is 2.23. The number of hydrogen-bond acceptors (Lipinski definition) is 6. The Hall–Kier alpha value is -2.85. The molecule has 0 saturated carbocycles. The summed E-state index contributed by atoms with van der Waals surface area (Å²) in [4.78, 5) is 23.5. The van der Waals surface area contributed by atoms with Gasteiger partial charge in [-0.15, -0.1) is 11.3 Å². The summed E-state index contributed by atoms with van der Waals surface area (Å²) in [5.74, 6) is -0.158. The van der Waals surface area contributed by atoms with E-state index in [2.05, 4.69) is 19.2 Å². The second-order valence-electron chi connectivity index (χ2n) is 5.95. The lowest BCUT2D eigenvalue weighted by Gasteiger charge is -2.12. The van der Waals surface area contributed by atoms with Crippen LogP contribution in [0.25, 0.3) is 0 Å². The highest BCUT2D eigenvalue weighted by molar-refractivity contribution is 7.14. The van der Waals surface area contributed by atoms with Crippen LogP contribution in [-0.2, 0) is 14.3 Å². The monoisotopic (exact) mass is 372 g/mol. The van der Waals surface area contributed by atoms with Gasteiger partial charge in [-0.25, -0.2) is 4.79 Å². The molecule has 1 N–H and O–H groups in total. The number of rotatable bonds is 7.